The first-order valence-electron chi connectivity index (χ1n) is 9.12. The summed E-state index contributed by atoms with van der Waals surface area (Å²) >= 11 is 0. The third-order valence-electron chi connectivity index (χ3n) is 4.54. The highest BCUT2D eigenvalue weighted by molar-refractivity contribution is 14.0. The third-order valence-corrected chi connectivity index (χ3v) is 4.54. The zero-order valence-corrected chi connectivity index (χ0v) is 19.6. The van der Waals surface area contributed by atoms with Crippen LogP contribution < -0.4 is 19.5 Å². The van der Waals surface area contributed by atoms with Crippen LogP contribution in [0, 0.1) is 0 Å². The van der Waals surface area contributed by atoms with Gasteiger partial charge in [-0.3, -0.25) is 4.79 Å². The second-order valence-electron chi connectivity index (χ2n) is 6.16. The van der Waals surface area contributed by atoms with Gasteiger partial charge >= 0.3 is 0 Å². The van der Waals surface area contributed by atoms with Gasteiger partial charge < -0.3 is 29.3 Å². The molecule has 1 aliphatic rings. The van der Waals surface area contributed by atoms with Crippen LogP contribution in [-0.2, 0) is 11.3 Å². The Morgan fingerprint density at radius 1 is 1.04 bits per heavy atom. The number of amides is 1. The number of hydrogen-bond donors (Lipinski definition) is 1. The maximum Gasteiger partial charge on any atom is 0.219 e. The Morgan fingerprint density at radius 3 is 2.14 bits per heavy atom. The highest BCUT2D eigenvalue weighted by Gasteiger charge is 2.21. The van der Waals surface area contributed by atoms with Crippen LogP contribution in [0.1, 0.15) is 19.4 Å². The number of hydrogen-bond acceptors (Lipinski definition) is 5. The molecule has 9 heteroatoms. The van der Waals surface area contributed by atoms with Crippen molar-refractivity contribution in [1.82, 2.24) is 15.1 Å². The number of halogens is 1. The normalized spacial score (nSPS) is 14.2. The van der Waals surface area contributed by atoms with Gasteiger partial charge in [-0.2, -0.15) is 0 Å². The van der Waals surface area contributed by atoms with E-state index in [9.17, 15) is 4.79 Å². The number of carbonyl (C=O) groups is 1. The molecule has 1 saturated heterocycles. The maximum absolute atomic E-state index is 11.5. The molecular formula is C19H31IN4O4. The highest BCUT2D eigenvalue weighted by atomic mass is 127. The molecule has 8 nitrogen and oxygen atoms in total. The molecule has 2 rings (SSSR count). The van der Waals surface area contributed by atoms with Crippen LogP contribution in [0.5, 0.6) is 17.2 Å². The fourth-order valence-corrected chi connectivity index (χ4v) is 3.11. The molecule has 0 bridgehead atoms. The van der Waals surface area contributed by atoms with Crippen LogP contribution in [0.15, 0.2) is 17.1 Å². The number of guanidine groups is 1. The van der Waals surface area contributed by atoms with Crippen molar-refractivity contribution in [2.45, 2.75) is 20.4 Å². The molecule has 1 aliphatic heterocycles. The lowest BCUT2D eigenvalue weighted by molar-refractivity contribution is -0.130. The first-order chi connectivity index (χ1) is 13.0. The quantitative estimate of drug-likeness (QED) is 0.362. The largest absolute Gasteiger partial charge is 0.493 e. The molecular weight excluding hydrogens is 475 g/mol. The number of carbonyl (C=O) groups excluding carboxylic acids is 1. The summed E-state index contributed by atoms with van der Waals surface area (Å²) in [5.74, 6) is 2.75. The van der Waals surface area contributed by atoms with E-state index in [-0.39, 0.29) is 29.9 Å². The molecule has 1 fully saturated rings. The SMILES string of the molecule is CCNC(=NCc1ccc(OC)c(OC)c1OC)N1CCN(C(C)=O)CC1.I. The lowest BCUT2D eigenvalue weighted by atomic mass is 10.1. The van der Waals surface area contributed by atoms with Gasteiger partial charge in [-0.15, -0.1) is 24.0 Å². The molecule has 0 unspecified atom stereocenters. The fourth-order valence-electron chi connectivity index (χ4n) is 3.11. The lowest BCUT2D eigenvalue weighted by Gasteiger charge is -2.36. The number of rotatable bonds is 6. The number of ether oxygens (including phenoxy) is 3. The van der Waals surface area contributed by atoms with Crippen LogP contribution in [0.25, 0.3) is 0 Å². The van der Waals surface area contributed by atoms with Crippen LogP contribution >= 0.6 is 24.0 Å². The predicted molar refractivity (Wildman–Crippen MR) is 120 cm³/mol. The van der Waals surface area contributed by atoms with Crippen LogP contribution in [0.3, 0.4) is 0 Å². The zero-order chi connectivity index (χ0) is 19.8. The van der Waals surface area contributed by atoms with E-state index in [0.29, 0.717) is 36.9 Å². The standard InChI is InChI=1S/C19H30N4O4.HI/c1-6-20-19(23-11-9-22(10-12-23)14(2)24)21-13-15-7-8-16(25-3)18(27-5)17(15)26-4;/h7-8H,6,9-13H2,1-5H3,(H,20,21);1H. The van der Waals surface area contributed by atoms with Gasteiger partial charge in [-0.05, 0) is 19.1 Å². The van der Waals surface area contributed by atoms with Crippen molar-refractivity contribution < 1.29 is 19.0 Å². The Labute approximate surface area is 184 Å². The number of nitrogens with one attached hydrogen (secondary N) is 1. The summed E-state index contributed by atoms with van der Waals surface area (Å²) in [5.41, 5.74) is 0.910. The van der Waals surface area contributed by atoms with Gasteiger partial charge in [0, 0.05) is 45.2 Å². The second-order valence-corrected chi connectivity index (χ2v) is 6.16. The molecule has 0 radical (unpaired) electrons. The minimum absolute atomic E-state index is 0. The zero-order valence-electron chi connectivity index (χ0n) is 17.3. The molecule has 0 aliphatic carbocycles. The third kappa shape index (κ3) is 5.79. The molecule has 1 N–H and O–H groups in total. The topological polar surface area (TPSA) is 75.6 Å². The minimum Gasteiger partial charge on any atom is -0.493 e. The average molecular weight is 506 g/mol. The van der Waals surface area contributed by atoms with Crippen molar-refractivity contribution in [3.63, 3.8) is 0 Å². The molecule has 1 aromatic rings. The van der Waals surface area contributed by atoms with E-state index in [1.54, 1.807) is 28.3 Å². The van der Waals surface area contributed by atoms with E-state index in [1.165, 1.54) is 0 Å². The average Bonchev–Trinajstić information content (AvgIpc) is 2.70. The van der Waals surface area contributed by atoms with E-state index >= 15 is 0 Å². The van der Waals surface area contributed by atoms with Gasteiger partial charge in [-0.1, -0.05) is 0 Å². The van der Waals surface area contributed by atoms with E-state index in [2.05, 4.69) is 10.2 Å². The van der Waals surface area contributed by atoms with Crippen molar-refractivity contribution in [2.24, 2.45) is 4.99 Å². The van der Waals surface area contributed by atoms with E-state index in [0.717, 1.165) is 31.2 Å². The molecule has 0 aromatic heterocycles. The van der Waals surface area contributed by atoms with E-state index in [1.807, 2.05) is 24.0 Å². The molecule has 0 saturated carbocycles. The Kier molecular flexibility index (Phi) is 10.2. The monoisotopic (exact) mass is 506 g/mol. The summed E-state index contributed by atoms with van der Waals surface area (Å²) in [5, 5.41) is 3.33. The number of nitrogens with zero attached hydrogens (tertiary/aromatic N) is 3. The molecule has 1 amide bonds. The Bertz CT molecular complexity index is 676. The predicted octanol–water partition coefficient (Wildman–Crippen LogP) is 1.96. The number of methoxy groups -OCH3 is 3. The fraction of sp³-hybridized carbons (Fsp3) is 0.579. The van der Waals surface area contributed by atoms with Crippen molar-refractivity contribution >= 4 is 35.8 Å². The van der Waals surface area contributed by atoms with Crippen molar-refractivity contribution in [3.05, 3.63) is 17.7 Å². The summed E-state index contributed by atoms with van der Waals surface area (Å²) in [6, 6.07) is 3.78. The first-order valence-corrected chi connectivity index (χ1v) is 9.12. The summed E-state index contributed by atoms with van der Waals surface area (Å²) in [4.78, 5) is 20.3. The summed E-state index contributed by atoms with van der Waals surface area (Å²) < 4.78 is 16.3. The number of benzene rings is 1. The Hall–Kier alpha value is -1.91. The molecule has 28 heavy (non-hydrogen) atoms. The van der Waals surface area contributed by atoms with Crippen LogP contribution in [0.2, 0.25) is 0 Å². The lowest BCUT2D eigenvalue weighted by Crippen LogP contribution is -2.53. The van der Waals surface area contributed by atoms with Crippen molar-refractivity contribution in [3.8, 4) is 17.2 Å². The van der Waals surface area contributed by atoms with Gasteiger partial charge in [-0.25, -0.2) is 4.99 Å². The molecule has 1 aromatic carbocycles. The number of aliphatic imine (C=N–C) groups is 1. The Morgan fingerprint density at radius 2 is 1.64 bits per heavy atom. The minimum atomic E-state index is 0. The van der Waals surface area contributed by atoms with Crippen LogP contribution in [0.4, 0.5) is 0 Å². The second kappa shape index (κ2) is 11.8. The van der Waals surface area contributed by atoms with Gasteiger partial charge in [0.15, 0.2) is 17.5 Å². The van der Waals surface area contributed by atoms with Crippen LogP contribution in [-0.4, -0.2) is 75.7 Å². The van der Waals surface area contributed by atoms with E-state index < -0.39 is 0 Å². The van der Waals surface area contributed by atoms with Gasteiger partial charge in [0.05, 0.1) is 27.9 Å². The van der Waals surface area contributed by atoms with Gasteiger partial charge in [0.2, 0.25) is 11.7 Å². The van der Waals surface area contributed by atoms with Gasteiger partial charge in [0.1, 0.15) is 0 Å². The smallest absolute Gasteiger partial charge is 0.219 e. The Balaban J connectivity index is 0.00000392. The molecule has 158 valence electrons. The first kappa shape index (κ1) is 24.1. The summed E-state index contributed by atoms with van der Waals surface area (Å²) in [6.45, 7) is 7.80. The van der Waals surface area contributed by atoms with Crippen molar-refractivity contribution in [2.75, 3.05) is 54.1 Å². The van der Waals surface area contributed by atoms with Gasteiger partial charge in [0.25, 0.3) is 0 Å². The molecule has 0 spiro atoms. The summed E-state index contributed by atoms with van der Waals surface area (Å²) in [6.07, 6.45) is 0. The highest BCUT2D eigenvalue weighted by Crippen LogP contribution is 2.39. The van der Waals surface area contributed by atoms with E-state index in [4.69, 9.17) is 19.2 Å². The number of piperazine rings is 1. The summed E-state index contributed by atoms with van der Waals surface area (Å²) in [7, 11) is 4.79. The maximum atomic E-state index is 11.5. The van der Waals surface area contributed by atoms with Crippen molar-refractivity contribution in [1.29, 1.82) is 0 Å². The molecule has 1 heterocycles. The molecule has 0 atom stereocenters.